The van der Waals surface area contributed by atoms with Crippen LogP contribution in [0.4, 0.5) is 0 Å². The Morgan fingerprint density at radius 2 is 1.71 bits per heavy atom. The molecule has 2 bridgehead atoms. The fourth-order valence-corrected chi connectivity index (χ4v) is 8.07. The lowest BCUT2D eigenvalue weighted by Gasteiger charge is -2.34. The third-order valence-corrected chi connectivity index (χ3v) is 9.25. The molecular weight excluding hydrogens is 485 g/mol. The molecule has 1 aliphatic heterocycles. The molecule has 0 spiro atoms. The molecule has 5 nitrogen and oxygen atoms in total. The van der Waals surface area contributed by atoms with Crippen molar-refractivity contribution in [1.29, 1.82) is 0 Å². The predicted octanol–water partition coefficient (Wildman–Crippen LogP) is 3.59. The number of sulfone groups is 1. The summed E-state index contributed by atoms with van der Waals surface area (Å²) < 4.78 is 23.5. The minimum absolute atomic E-state index is 0. The van der Waals surface area contributed by atoms with Crippen molar-refractivity contribution in [3.63, 3.8) is 0 Å². The summed E-state index contributed by atoms with van der Waals surface area (Å²) in [5, 5.41) is 7.50. The fraction of sp³-hybridized carbons (Fsp3) is 0.952. The van der Waals surface area contributed by atoms with Crippen LogP contribution in [0.5, 0.6) is 0 Å². The van der Waals surface area contributed by atoms with Crippen molar-refractivity contribution in [2.24, 2.45) is 34.6 Å². The first kappa shape index (κ1) is 22.6. The van der Waals surface area contributed by atoms with Crippen LogP contribution in [0.2, 0.25) is 0 Å². The Labute approximate surface area is 188 Å². The molecule has 6 atom stereocenters. The minimum atomic E-state index is -2.82. The van der Waals surface area contributed by atoms with Crippen LogP contribution in [0.15, 0.2) is 4.99 Å². The maximum Gasteiger partial charge on any atom is 0.191 e. The summed E-state index contributed by atoms with van der Waals surface area (Å²) in [5.74, 6) is 5.02. The van der Waals surface area contributed by atoms with E-state index < -0.39 is 9.84 Å². The van der Waals surface area contributed by atoms with Crippen LogP contribution in [0.25, 0.3) is 0 Å². The SMILES string of the molecule is CC1CC(C)CC(NC(=NCC2CCS(=O)(=O)C2)NC2CC3CCC2C3)C1.I. The first-order valence-corrected chi connectivity index (χ1v) is 13.0. The Morgan fingerprint density at radius 3 is 2.29 bits per heavy atom. The monoisotopic (exact) mass is 523 g/mol. The largest absolute Gasteiger partial charge is 0.354 e. The van der Waals surface area contributed by atoms with Gasteiger partial charge in [0.05, 0.1) is 11.5 Å². The molecule has 0 amide bonds. The number of guanidine groups is 1. The van der Waals surface area contributed by atoms with Crippen LogP contribution >= 0.6 is 24.0 Å². The van der Waals surface area contributed by atoms with Crippen LogP contribution in [0, 0.1) is 29.6 Å². The van der Waals surface area contributed by atoms with E-state index >= 15 is 0 Å². The molecule has 4 rings (SSSR count). The van der Waals surface area contributed by atoms with Crippen LogP contribution in [0.1, 0.15) is 65.2 Å². The van der Waals surface area contributed by atoms with Gasteiger partial charge in [-0.3, -0.25) is 4.99 Å². The first-order chi connectivity index (χ1) is 12.9. The Balaban J connectivity index is 0.00000225. The summed E-state index contributed by atoms with van der Waals surface area (Å²) in [5.41, 5.74) is 0. The van der Waals surface area contributed by atoms with E-state index in [0.717, 1.165) is 36.1 Å². The van der Waals surface area contributed by atoms with E-state index in [4.69, 9.17) is 4.99 Å². The summed E-state index contributed by atoms with van der Waals surface area (Å²) in [6.07, 6.45) is 9.92. The highest BCUT2D eigenvalue weighted by Gasteiger charge is 2.40. The first-order valence-electron chi connectivity index (χ1n) is 11.1. The second-order valence-corrected chi connectivity index (χ2v) is 12.4. The number of fused-ring (bicyclic) bond motifs is 2. The summed E-state index contributed by atoms with van der Waals surface area (Å²) in [7, 11) is -2.82. The number of nitrogens with one attached hydrogen (secondary N) is 2. The molecule has 0 aromatic rings. The Hall–Kier alpha value is -0.0500. The summed E-state index contributed by atoms with van der Waals surface area (Å²) in [6, 6.07) is 1.04. The normalized spacial score (nSPS) is 42.2. The minimum Gasteiger partial charge on any atom is -0.354 e. The van der Waals surface area contributed by atoms with Crippen LogP contribution in [-0.4, -0.2) is 44.5 Å². The quantitative estimate of drug-likeness (QED) is 0.336. The highest BCUT2D eigenvalue weighted by molar-refractivity contribution is 14.0. The third kappa shape index (κ3) is 5.76. The number of rotatable bonds is 4. The molecule has 28 heavy (non-hydrogen) atoms. The van der Waals surface area contributed by atoms with Crippen LogP contribution in [0.3, 0.4) is 0 Å². The lowest BCUT2D eigenvalue weighted by atomic mass is 9.80. The predicted molar refractivity (Wildman–Crippen MR) is 126 cm³/mol. The smallest absolute Gasteiger partial charge is 0.191 e. The Bertz CT molecular complexity index is 659. The molecule has 7 heteroatoms. The zero-order valence-electron chi connectivity index (χ0n) is 17.4. The summed E-state index contributed by atoms with van der Waals surface area (Å²) in [4.78, 5) is 4.89. The molecule has 4 fully saturated rings. The van der Waals surface area contributed by atoms with Gasteiger partial charge in [0, 0.05) is 18.6 Å². The lowest BCUT2D eigenvalue weighted by Crippen LogP contribution is -2.50. The van der Waals surface area contributed by atoms with E-state index in [1.165, 1.54) is 44.9 Å². The van der Waals surface area contributed by atoms with Gasteiger partial charge in [0.15, 0.2) is 15.8 Å². The molecule has 6 unspecified atom stereocenters. The van der Waals surface area contributed by atoms with Crippen molar-refractivity contribution in [2.45, 2.75) is 77.3 Å². The highest BCUT2D eigenvalue weighted by Crippen LogP contribution is 2.44. The molecular formula is C21H38IN3O2S. The standard InChI is InChI=1S/C21H37N3O2S.HI/c1-14-7-15(2)9-19(8-14)23-21(22-12-17-5-6-27(25,26)13-17)24-20-11-16-3-4-18(20)10-16;/h14-20H,3-13H2,1-2H3,(H2,22,23,24);1H. The van der Waals surface area contributed by atoms with E-state index in [0.29, 0.717) is 30.1 Å². The highest BCUT2D eigenvalue weighted by atomic mass is 127. The van der Waals surface area contributed by atoms with E-state index in [9.17, 15) is 8.42 Å². The fourth-order valence-electron chi connectivity index (χ4n) is 6.22. The molecule has 1 saturated heterocycles. The molecule has 0 aromatic carbocycles. The van der Waals surface area contributed by atoms with E-state index in [-0.39, 0.29) is 29.9 Å². The van der Waals surface area contributed by atoms with Gasteiger partial charge in [0.1, 0.15) is 0 Å². The van der Waals surface area contributed by atoms with Crippen molar-refractivity contribution in [3.05, 3.63) is 0 Å². The number of halogens is 1. The van der Waals surface area contributed by atoms with Crippen LogP contribution < -0.4 is 10.6 Å². The summed E-state index contributed by atoms with van der Waals surface area (Å²) in [6.45, 7) is 5.34. The zero-order chi connectivity index (χ0) is 19.0. The van der Waals surface area contributed by atoms with Gasteiger partial charge in [0.2, 0.25) is 0 Å². The zero-order valence-corrected chi connectivity index (χ0v) is 20.5. The van der Waals surface area contributed by atoms with Crippen molar-refractivity contribution in [3.8, 4) is 0 Å². The maximum absolute atomic E-state index is 11.8. The lowest BCUT2D eigenvalue weighted by molar-refractivity contribution is 0.253. The van der Waals surface area contributed by atoms with Gasteiger partial charge in [-0.05, 0) is 74.5 Å². The third-order valence-electron chi connectivity index (χ3n) is 7.41. The second kappa shape index (κ2) is 9.40. The maximum atomic E-state index is 11.8. The Morgan fingerprint density at radius 1 is 0.964 bits per heavy atom. The van der Waals surface area contributed by atoms with E-state index in [2.05, 4.69) is 24.5 Å². The number of aliphatic imine (C=N–C) groups is 1. The van der Waals surface area contributed by atoms with Gasteiger partial charge in [-0.2, -0.15) is 0 Å². The topological polar surface area (TPSA) is 70.6 Å². The molecule has 162 valence electrons. The van der Waals surface area contributed by atoms with Gasteiger partial charge < -0.3 is 10.6 Å². The molecule has 0 aromatic heterocycles. The number of hydrogen-bond acceptors (Lipinski definition) is 3. The number of hydrogen-bond donors (Lipinski definition) is 2. The van der Waals surface area contributed by atoms with Gasteiger partial charge in [-0.15, -0.1) is 24.0 Å². The average Bonchev–Trinajstić information content (AvgIpc) is 3.27. The molecule has 1 heterocycles. The van der Waals surface area contributed by atoms with Gasteiger partial charge >= 0.3 is 0 Å². The van der Waals surface area contributed by atoms with Gasteiger partial charge in [-0.25, -0.2) is 8.42 Å². The summed E-state index contributed by atoms with van der Waals surface area (Å²) >= 11 is 0. The molecule has 2 N–H and O–H groups in total. The molecule has 4 aliphatic rings. The van der Waals surface area contributed by atoms with Crippen molar-refractivity contribution < 1.29 is 8.42 Å². The molecule has 3 saturated carbocycles. The van der Waals surface area contributed by atoms with Gasteiger partial charge in [0.25, 0.3) is 0 Å². The van der Waals surface area contributed by atoms with Crippen molar-refractivity contribution in [1.82, 2.24) is 10.6 Å². The van der Waals surface area contributed by atoms with Crippen molar-refractivity contribution >= 4 is 39.8 Å². The van der Waals surface area contributed by atoms with E-state index in [1.807, 2.05) is 0 Å². The average molecular weight is 524 g/mol. The molecule has 3 aliphatic carbocycles. The van der Waals surface area contributed by atoms with Crippen LogP contribution in [-0.2, 0) is 9.84 Å². The second-order valence-electron chi connectivity index (χ2n) is 10.1. The number of nitrogens with zero attached hydrogens (tertiary/aromatic N) is 1. The van der Waals surface area contributed by atoms with Crippen molar-refractivity contribution in [2.75, 3.05) is 18.1 Å². The Kier molecular flexibility index (Phi) is 7.59. The van der Waals surface area contributed by atoms with Gasteiger partial charge in [-0.1, -0.05) is 20.3 Å². The molecule has 0 radical (unpaired) electrons. The van der Waals surface area contributed by atoms with E-state index in [1.54, 1.807) is 0 Å².